The van der Waals surface area contributed by atoms with E-state index in [1.807, 2.05) is 32.0 Å². The number of carbonyl (C=O) groups is 1. The molecule has 1 heterocycles. The van der Waals surface area contributed by atoms with E-state index >= 15 is 0 Å². The SMILES string of the molecule is Cc1nnc(SC(C)C(=O)NC2CCCc3ccccc32)n1Cc1ccccc1. The summed E-state index contributed by atoms with van der Waals surface area (Å²) in [6.07, 6.45) is 3.19. The van der Waals surface area contributed by atoms with Crippen molar-refractivity contribution < 1.29 is 4.79 Å². The van der Waals surface area contributed by atoms with Gasteiger partial charge < -0.3 is 9.88 Å². The van der Waals surface area contributed by atoms with E-state index in [1.165, 1.54) is 28.5 Å². The maximum absolute atomic E-state index is 12.9. The third-order valence-corrected chi connectivity index (χ3v) is 6.50. The number of hydrogen-bond acceptors (Lipinski definition) is 4. The van der Waals surface area contributed by atoms with Crippen LogP contribution in [-0.2, 0) is 17.8 Å². The molecule has 1 amide bonds. The summed E-state index contributed by atoms with van der Waals surface area (Å²) in [5.41, 5.74) is 3.79. The highest BCUT2D eigenvalue weighted by Crippen LogP contribution is 2.30. The van der Waals surface area contributed by atoms with Crippen LogP contribution in [0.1, 0.15) is 48.3 Å². The van der Waals surface area contributed by atoms with Gasteiger partial charge in [-0.1, -0.05) is 66.4 Å². The molecule has 0 saturated carbocycles. The number of thioether (sulfide) groups is 1. The second-order valence-electron chi connectivity index (χ2n) is 7.51. The first kappa shape index (κ1) is 19.7. The zero-order valence-electron chi connectivity index (χ0n) is 16.8. The second-order valence-corrected chi connectivity index (χ2v) is 8.82. The predicted molar refractivity (Wildman–Crippen MR) is 116 cm³/mol. The van der Waals surface area contributed by atoms with Crippen LogP contribution in [0, 0.1) is 6.92 Å². The lowest BCUT2D eigenvalue weighted by molar-refractivity contribution is -0.121. The number of amides is 1. The Hall–Kier alpha value is -2.60. The zero-order chi connectivity index (χ0) is 20.2. The lowest BCUT2D eigenvalue weighted by Crippen LogP contribution is -2.36. The molecule has 1 N–H and O–H groups in total. The van der Waals surface area contributed by atoms with Crippen LogP contribution >= 0.6 is 11.8 Å². The van der Waals surface area contributed by atoms with E-state index in [9.17, 15) is 4.79 Å². The minimum absolute atomic E-state index is 0.0450. The van der Waals surface area contributed by atoms with Crippen molar-refractivity contribution in [3.05, 3.63) is 77.1 Å². The van der Waals surface area contributed by atoms with Gasteiger partial charge in [0.2, 0.25) is 5.91 Å². The van der Waals surface area contributed by atoms with Gasteiger partial charge in [-0.2, -0.15) is 0 Å². The summed E-state index contributed by atoms with van der Waals surface area (Å²) in [5, 5.41) is 12.3. The molecular weight excluding hydrogens is 380 g/mol. The highest BCUT2D eigenvalue weighted by Gasteiger charge is 2.25. The monoisotopic (exact) mass is 406 g/mol. The number of carbonyl (C=O) groups excluding carboxylic acids is 1. The number of nitrogens with one attached hydrogen (secondary N) is 1. The molecular formula is C23H26N4OS. The molecule has 0 saturated heterocycles. The van der Waals surface area contributed by atoms with Crippen molar-refractivity contribution in [1.82, 2.24) is 20.1 Å². The van der Waals surface area contributed by atoms with Gasteiger partial charge in [-0.15, -0.1) is 10.2 Å². The van der Waals surface area contributed by atoms with Crippen molar-refractivity contribution >= 4 is 17.7 Å². The van der Waals surface area contributed by atoms with Crippen molar-refractivity contribution in [1.29, 1.82) is 0 Å². The quantitative estimate of drug-likeness (QED) is 0.620. The van der Waals surface area contributed by atoms with Gasteiger partial charge in [-0.05, 0) is 49.8 Å². The molecule has 0 aliphatic heterocycles. The van der Waals surface area contributed by atoms with Crippen LogP contribution in [0.4, 0.5) is 0 Å². The van der Waals surface area contributed by atoms with Crippen LogP contribution in [-0.4, -0.2) is 25.9 Å². The number of aryl methyl sites for hydroxylation is 2. The predicted octanol–water partition coefficient (Wildman–Crippen LogP) is 4.31. The standard InChI is InChI=1S/C23H26N4OS/c1-16(22(28)24-21-14-8-12-19-11-6-7-13-20(19)21)29-23-26-25-17(2)27(23)15-18-9-4-3-5-10-18/h3-7,9-11,13,16,21H,8,12,14-15H2,1-2H3,(H,24,28). The molecule has 0 spiro atoms. The van der Waals surface area contributed by atoms with Crippen molar-refractivity contribution in [3.8, 4) is 0 Å². The van der Waals surface area contributed by atoms with Gasteiger partial charge in [0.1, 0.15) is 5.82 Å². The summed E-state index contributed by atoms with van der Waals surface area (Å²) in [6, 6.07) is 18.8. The average Bonchev–Trinajstić information content (AvgIpc) is 3.08. The van der Waals surface area contributed by atoms with Crippen molar-refractivity contribution in [2.75, 3.05) is 0 Å². The Balaban J connectivity index is 1.44. The lowest BCUT2D eigenvalue weighted by Gasteiger charge is -2.27. The van der Waals surface area contributed by atoms with E-state index < -0.39 is 0 Å². The molecule has 2 atom stereocenters. The molecule has 3 aromatic rings. The van der Waals surface area contributed by atoms with E-state index in [0.717, 1.165) is 30.2 Å². The summed E-state index contributed by atoms with van der Waals surface area (Å²) in [6.45, 7) is 4.58. The third kappa shape index (κ3) is 4.53. The fourth-order valence-corrected chi connectivity index (χ4v) is 4.70. The fourth-order valence-electron chi connectivity index (χ4n) is 3.80. The summed E-state index contributed by atoms with van der Waals surface area (Å²) in [5.74, 6) is 0.897. The zero-order valence-corrected chi connectivity index (χ0v) is 17.7. The van der Waals surface area contributed by atoms with Gasteiger partial charge in [-0.25, -0.2) is 0 Å². The minimum Gasteiger partial charge on any atom is -0.348 e. The molecule has 1 aliphatic carbocycles. The molecule has 4 rings (SSSR count). The number of aromatic nitrogens is 3. The molecule has 6 heteroatoms. The van der Waals surface area contributed by atoms with Gasteiger partial charge in [-0.3, -0.25) is 4.79 Å². The Labute approximate surface area is 175 Å². The maximum atomic E-state index is 12.9. The van der Waals surface area contributed by atoms with Crippen LogP contribution in [0.3, 0.4) is 0 Å². The molecule has 0 bridgehead atoms. The molecule has 2 unspecified atom stereocenters. The van der Waals surface area contributed by atoms with E-state index in [0.29, 0.717) is 6.54 Å². The largest absolute Gasteiger partial charge is 0.348 e. The lowest BCUT2D eigenvalue weighted by atomic mass is 9.88. The number of nitrogens with zero attached hydrogens (tertiary/aromatic N) is 3. The number of rotatable bonds is 6. The van der Waals surface area contributed by atoms with Gasteiger partial charge in [0.05, 0.1) is 17.8 Å². The minimum atomic E-state index is -0.248. The molecule has 2 aromatic carbocycles. The maximum Gasteiger partial charge on any atom is 0.233 e. The van der Waals surface area contributed by atoms with E-state index in [1.54, 1.807) is 0 Å². The Kier molecular flexibility index (Phi) is 6.00. The molecule has 150 valence electrons. The Morgan fingerprint density at radius 2 is 1.93 bits per heavy atom. The summed E-state index contributed by atoms with van der Waals surface area (Å²) in [4.78, 5) is 12.9. The summed E-state index contributed by atoms with van der Waals surface area (Å²) < 4.78 is 2.07. The number of fused-ring (bicyclic) bond motifs is 1. The van der Waals surface area contributed by atoms with Crippen LogP contribution in [0.2, 0.25) is 0 Å². The Morgan fingerprint density at radius 1 is 1.17 bits per heavy atom. The van der Waals surface area contributed by atoms with Crippen LogP contribution < -0.4 is 5.32 Å². The third-order valence-electron chi connectivity index (χ3n) is 5.42. The van der Waals surface area contributed by atoms with E-state index in [2.05, 4.69) is 56.5 Å². The van der Waals surface area contributed by atoms with Crippen molar-refractivity contribution in [3.63, 3.8) is 0 Å². The number of hydrogen-bond donors (Lipinski definition) is 1. The topological polar surface area (TPSA) is 59.8 Å². The summed E-state index contributed by atoms with van der Waals surface area (Å²) in [7, 11) is 0. The van der Waals surface area contributed by atoms with Crippen molar-refractivity contribution in [2.24, 2.45) is 0 Å². The first-order valence-electron chi connectivity index (χ1n) is 10.1. The Morgan fingerprint density at radius 3 is 2.76 bits per heavy atom. The number of benzene rings is 2. The molecule has 0 radical (unpaired) electrons. The van der Waals surface area contributed by atoms with Crippen molar-refractivity contribution in [2.45, 2.75) is 56.1 Å². The smallest absolute Gasteiger partial charge is 0.233 e. The van der Waals surface area contributed by atoms with Crippen LogP contribution in [0.15, 0.2) is 59.8 Å². The highest BCUT2D eigenvalue weighted by atomic mass is 32.2. The molecule has 0 fully saturated rings. The summed E-state index contributed by atoms with van der Waals surface area (Å²) >= 11 is 1.47. The van der Waals surface area contributed by atoms with Crippen LogP contribution in [0.5, 0.6) is 0 Å². The van der Waals surface area contributed by atoms with Gasteiger partial charge >= 0.3 is 0 Å². The highest BCUT2D eigenvalue weighted by molar-refractivity contribution is 8.00. The first-order valence-corrected chi connectivity index (χ1v) is 11.0. The van der Waals surface area contributed by atoms with Gasteiger partial charge in [0.25, 0.3) is 0 Å². The molecule has 1 aliphatic rings. The molecule has 5 nitrogen and oxygen atoms in total. The first-order chi connectivity index (χ1) is 14.1. The second kappa shape index (κ2) is 8.82. The fraction of sp³-hybridized carbons (Fsp3) is 0.348. The normalized spacial score (nSPS) is 16.8. The van der Waals surface area contributed by atoms with Gasteiger partial charge in [0.15, 0.2) is 5.16 Å². The Bertz CT molecular complexity index is 986. The molecule has 29 heavy (non-hydrogen) atoms. The van der Waals surface area contributed by atoms with E-state index in [-0.39, 0.29) is 17.2 Å². The van der Waals surface area contributed by atoms with Gasteiger partial charge in [0, 0.05) is 0 Å². The van der Waals surface area contributed by atoms with Crippen LogP contribution in [0.25, 0.3) is 0 Å². The molecule has 1 aromatic heterocycles. The van der Waals surface area contributed by atoms with E-state index in [4.69, 9.17) is 0 Å². The average molecular weight is 407 g/mol.